The summed E-state index contributed by atoms with van der Waals surface area (Å²) < 4.78 is 11.3. The molecule has 8 heteroatoms. The molecule has 1 aliphatic carbocycles. The van der Waals surface area contributed by atoms with Crippen LogP contribution in [0.1, 0.15) is 54.5 Å². The molecule has 2 aromatic heterocycles. The summed E-state index contributed by atoms with van der Waals surface area (Å²) in [4.78, 5) is 28.7. The molecular weight excluding hydrogens is 420 g/mol. The van der Waals surface area contributed by atoms with Gasteiger partial charge in [0.15, 0.2) is 0 Å². The third-order valence-corrected chi connectivity index (χ3v) is 5.73. The van der Waals surface area contributed by atoms with Crippen LogP contribution in [0.5, 0.6) is 11.5 Å². The first-order valence-corrected chi connectivity index (χ1v) is 11.0. The first-order valence-electron chi connectivity index (χ1n) is 11.0. The predicted octanol–water partition coefficient (Wildman–Crippen LogP) is 4.26. The molecule has 0 saturated carbocycles. The van der Waals surface area contributed by atoms with Crippen LogP contribution >= 0.6 is 0 Å². The fourth-order valence-electron chi connectivity index (χ4n) is 3.79. The number of hydrogen-bond donors (Lipinski definition) is 2. The quantitative estimate of drug-likeness (QED) is 0.604. The number of nitrogens with one attached hydrogen (secondary N) is 2. The van der Waals surface area contributed by atoms with Crippen molar-refractivity contribution in [2.24, 2.45) is 5.92 Å². The average molecular weight is 449 g/mol. The van der Waals surface area contributed by atoms with E-state index in [1.807, 2.05) is 39.0 Å². The van der Waals surface area contributed by atoms with Gasteiger partial charge in [-0.25, -0.2) is 0 Å². The topological polar surface area (TPSA) is 106 Å². The molecule has 2 N–H and O–H groups in total. The number of fused-ring (bicyclic) bond motifs is 1. The summed E-state index contributed by atoms with van der Waals surface area (Å²) in [6, 6.07) is 11.0. The molecule has 3 aromatic rings. The van der Waals surface area contributed by atoms with E-state index >= 15 is 0 Å². The molecule has 1 unspecified atom stereocenters. The zero-order valence-corrected chi connectivity index (χ0v) is 19.3. The van der Waals surface area contributed by atoms with Crippen LogP contribution in [0.4, 0.5) is 5.88 Å². The van der Waals surface area contributed by atoms with Crippen LogP contribution in [0.3, 0.4) is 0 Å². The van der Waals surface area contributed by atoms with Gasteiger partial charge in [-0.3, -0.25) is 19.9 Å². The summed E-state index contributed by atoms with van der Waals surface area (Å²) >= 11 is 0. The Balaban J connectivity index is 1.44. The summed E-state index contributed by atoms with van der Waals surface area (Å²) in [5.41, 5.74) is 3.22. The van der Waals surface area contributed by atoms with E-state index in [9.17, 15) is 9.59 Å². The molecule has 0 bridgehead atoms. The Bertz CT molecular complexity index is 1180. The maximum atomic E-state index is 12.9. The molecule has 2 heterocycles. The molecule has 0 aliphatic heterocycles. The minimum atomic E-state index is -0.277. The van der Waals surface area contributed by atoms with E-state index in [1.165, 1.54) is 11.8 Å². The molecule has 0 saturated heterocycles. The third-order valence-electron chi connectivity index (χ3n) is 5.73. The molecule has 1 aromatic carbocycles. The lowest BCUT2D eigenvalue weighted by Crippen LogP contribution is -2.28. The predicted molar refractivity (Wildman–Crippen MR) is 123 cm³/mol. The first-order chi connectivity index (χ1) is 15.7. The summed E-state index contributed by atoms with van der Waals surface area (Å²) in [6.07, 6.45) is 3.72. The lowest BCUT2D eigenvalue weighted by Gasteiger charge is -2.24. The molecule has 1 aliphatic rings. The van der Waals surface area contributed by atoms with Gasteiger partial charge in [-0.15, -0.1) is 0 Å². The van der Waals surface area contributed by atoms with Crippen molar-refractivity contribution >= 4 is 17.7 Å². The molecule has 172 valence electrons. The number of rotatable bonds is 5. The number of aromatic nitrogens is 2. The van der Waals surface area contributed by atoms with E-state index in [0.717, 1.165) is 24.1 Å². The fourth-order valence-corrected chi connectivity index (χ4v) is 3.79. The van der Waals surface area contributed by atoms with Crippen LogP contribution < -0.4 is 15.4 Å². The molecule has 0 radical (unpaired) electrons. The van der Waals surface area contributed by atoms with Crippen LogP contribution in [0, 0.1) is 5.92 Å². The van der Waals surface area contributed by atoms with Gasteiger partial charge in [-0.1, -0.05) is 32.0 Å². The smallest absolute Gasteiger partial charge is 0.269 e. The van der Waals surface area contributed by atoms with Crippen molar-refractivity contribution in [1.29, 1.82) is 0 Å². The van der Waals surface area contributed by atoms with Gasteiger partial charge in [0.1, 0.15) is 17.2 Å². The van der Waals surface area contributed by atoms with Crippen molar-refractivity contribution in [3.05, 3.63) is 65.1 Å². The molecule has 4 rings (SSSR count). The number of pyridine rings is 1. The van der Waals surface area contributed by atoms with Gasteiger partial charge in [0.05, 0.1) is 5.69 Å². The molecule has 1 atom stereocenters. The van der Waals surface area contributed by atoms with Crippen molar-refractivity contribution in [2.75, 3.05) is 12.4 Å². The highest BCUT2D eigenvalue weighted by molar-refractivity contribution is 5.92. The lowest BCUT2D eigenvalue weighted by molar-refractivity contribution is -0.120. The molecule has 2 amide bonds. The number of carbonyl (C=O) groups is 2. The van der Waals surface area contributed by atoms with Gasteiger partial charge in [0.25, 0.3) is 5.91 Å². The van der Waals surface area contributed by atoms with Crippen LogP contribution in [-0.2, 0) is 23.1 Å². The number of nitrogens with zero attached hydrogens (tertiary/aromatic N) is 2. The number of amides is 2. The van der Waals surface area contributed by atoms with Gasteiger partial charge >= 0.3 is 0 Å². The van der Waals surface area contributed by atoms with Gasteiger partial charge in [0, 0.05) is 36.7 Å². The van der Waals surface area contributed by atoms with E-state index in [2.05, 4.69) is 20.8 Å². The Hall–Kier alpha value is -3.68. The zero-order chi connectivity index (χ0) is 23.6. The number of anilines is 1. The molecule has 33 heavy (non-hydrogen) atoms. The van der Waals surface area contributed by atoms with Crippen molar-refractivity contribution in [2.45, 2.75) is 45.4 Å². The van der Waals surface area contributed by atoms with Crippen molar-refractivity contribution in [3.63, 3.8) is 0 Å². The van der Waals surface area contributed by atoms with Crippen LogP contribution in [0.25, 0.3) is 0 Å². The second-order valence-corrected chi connectivity index (χ2v) is 9.24. The Morgan fingerprint density at radius 2 is 1.88 bits per heavy atom. The number of hydrogen-bond acceptors (Lipinski definition) is 6. The third kappa shape index (κ3) is 5.22. The summed E-state index contributed by atoms with van der Waals surface area (Å²) in [7, 11) is 1.56. The highest BCUT2D eigenvalue weighted by atomic mass is 16.5. The monoisotopic (exact) mass is 448 g/mol. The lowest BCUT2D eigenvalue weighted by atomic mass is 9.83. The van der Waals surface area contributed by atoms with Crippen LogP contribution in [0.15, 0.2) is 47.1 Å². The van der Waals surface area contributed by atoms with E-state index in [1.54, 1.807) is 25.2 Å². The maximum absolute atomic E-state index is 12.9. The minimum absolute atomic E-state index is 0.0760. The Kier molecular flexibility index (Phi) is 6.18. The average Bonchev–Trinajstić information content (AvgIpc) is 3.27. The van der Waals surface area contributed by atoms with Crippen molar-refractivity contribution < 1.29 is 18.8 Å². The number of benzene rings is 1. The molecular formula is C25H28N4O4. The maximum Gasteiger partial charge on any atom is 0.269 e. The van der Waals surface area contributed by atoms with E-state index in [0.29, 0.717) is 23.8 Å². The molecule has 8 nitrogen and oxygen atoms in total. The zero-order valence-electron chi connectivity index (χ0n) is 19.3. The number of aryl methyl sites for hydroxylation is 1. The second kappa shape index (κ2) is 9.05. The van der Waals surface area contributed by atoms with Crippen molar-refractivity contribution in [1.82, 2.24) is 15.5 Å². The van der Waals surface area contributed by atoms with Gasteiger partial charge in [-0.2, -0.15) is 0 Å². The van der Waals surface area contributed by atoms with Gasteiger partial charge in [-0.05, 0) is 48.6 Å². The van der Waals surface area contributed by atoms with Crippen LogP contribution in [0.2, 0.25) is 0 Å². The van der Waals surface area contributed by atoms with Gasteiger partial charge in [0.2, 0.25) is 11.8 Å². The van der Waals surface area contributed by atoms with Crippen molar-refractivity contribution in [3.8, 4) is 11.5 Å². The van der Waals surface area contributed by atoms with E-state index in [4.69, 9.17) is 9.26 Å². The molecule has 0 spiro atoms. The van der Waals surface area contributed by atoms with E-state index in [-0.39, 0.29) is 28.8 Å². The summed E-state index contributed by atoms with van der Waals surface area (Å²) in [5.74, 6) is 1.02. The highest BCUT2D eigenvalue weighted by Crippen LogP contribution is 2.32. The Morgan fingerprint density at radius 3 is 2.61 bits per heavy atom. The Morgan fingerprint density at radius 1 is 1.09 bits per heavy atom. The number of carbonyl (C=O) groups excluding carboxylic acids is 2. The number of ether oxygens (including phenoxy) is 1. The SMILES string of the molecule is CNC(=O)c1cc(Oc2ccc3c(c2)CC(C(=O)Nc2cc(C(C)(C)C)no2)CC3)ccn1. The summed E-state index contributed by atoms with van der Waals surface area (Å²) in [6.45, 7) is 6.12. The van der Waals surface area contributed by atoms with Gasteiger partial charge < -0.3 is 14.6 Å². The minimum Gasteiger partial charge on any atom is -0.457 e. The second-order valence-electron chi connectivity index (χ2n) is 9.24. The fraction of sp³-hybridized carbons (Fsp3) is 0.360. The largest absolute Gasteiger partial charge is 0.457 e. The normalized spacial score (nSPS) is 15.5. The van der Waals surface area contributed by atoms with Crippen LogP contribution in [-0.4, -0.2) is 29.0 Å². The Labute approximate surface area is 192 Å². The standard InChI is InChI=1S/C25H28N4O4/c1-25(2,3)21-14-22(33-29-21)28-23(30)16-6-5-15-7-8-18(12-17(15)11-16)32-19-9-10-27-20(13-19)24(31)26-4/h7-10,12-14,16H,5-6,11H2,1-4H3,(H,26,31)(H,28,30). The summed E-state index contributed by atoms with van der Waals surface area (Å²) in [5, 5.41) is 9.48. The molecule has 0 fully saturated rings. The first kappa shape index (κ1) is 22.5. The highest BCUT2D eigenvalue weighted by Gasteiger charge is 2.27. The van der Waals surface area contributed by atoms with E-state index < -0.39 is 0 Å².